The van der Waals surface area contributed by atoms with Gasteiger partial charge < -0.3 is 15.5 Å². The molecule has 5 aromatic rings. The van der Waals surface area contributed by atoms with Crippen molar-refractivity contribution in [3.8, 4) is 22.5 Å². The molecule has 214 valence electrons. The quantitative estimate of drug-likeness (QED) is 0.342. The third-order valence-electron chi connectivity index (χ3n) is 8.88. The first-order valence-electron chi connectivity index (χ1n) is 14.5. The fourth-order valence-corrected chi connectivity index (χ4v) is 6.41. The lowest BCUT2D eigenvalue weighted by Gasteiger charge is -2.46. The molecule has 0 bridgehead atoms. The zero-order valence-electron chi connectivity index (χ0n) is 24.2. The molecule has 42 heavy (non-hydrogen) atoms. The van der Waals surface area contributed by atoms with E-state index in [-0.39, 0.29) is 12.1 Å². The van der Waals surface area contributed by atoms with Gasteiger partial charge in [-0.1, -0.05) is 48.5 Å². The summed E-state index contributed by atoms with van der Waals surface area (Å²) in [5, 5.41) is 7.03. The van der Waals surface area contributed by atoms with Crippen molar-refractivity contribution in [3.63, 3.8) is 0 Å². The van der Waals surface area contributed by atoms with Crippen molar-refractivity contribution in [1.29, 1.82) is 0 Å². The fourth-order valence-electron chi connectivity index (χ4n) is 6.41. The van der Waals surface area contributed by atoms with Gasteiger partial charge in [-0.05, 0) is 31.4 Å². The van der Waals surface area contributed by atoms with E-state index in [4.69, 9.17) is 15.8 Å². The number of aromatic nitrogens is 5. The number of piperazine rings is 1. The van der Waals surface area contributed by atoms with Crippen LogP contribution in [-0.2, 0) is 0 Å². The Morgan fingerprint density at radius 2 is 1.67 bits per heavy atom. The summed E-state index contributed by atoms with van der Waals surface area (Å²) in [7, 11) is 3.62. The maximum atomic E-state index is 12.3. The average molecular weight is 562 g/mol. The monoisotopic (exact) mass is 561 g/mol. The SMILES string of the molecule is Cc1c(-c2nn(C3CC(N4CCN(C(=O)N(C)C)CC4)C3)c3ncnc(N)c23)ccc2ccc(-c3ccccc3)nc12. The molecule has 2 aliphatic rings. The molecular formula is C32H35N9O. The molecule has 7 rings (SSSR count). The van der Waals surface area contributed by atoms with Gasteiger partial charge in [0.15, 0.2) is 5.65 Å². The molecule has 1 aliphatic carbocycles. The number of carbonyl (C=O) groups is 1. The lowest BCUT2D eigenvalue weighted by atomic mass is 9.85. The maximum absolute atomic E-state index is 12.3. The van der Waals surface area contributed by atoms with Gasteiger partial charge in [0.05, 0.1) is 22.6 Å². The molecule has 10 nitrogen and oxygen atoms in total. The van der Waals surface area contributed by atoms with Crippen molar-refractivity contribution >= 4 is 33.8 Å². The first-order valence-corrected chi connectivity index (χ1v) is 14.5. The van der Waals surface area contributed by atoms with Crippen LogP contribution in [0.5, 0.6) is 0 Å². The molecule has 3 aromatic heterocycles. The Balaban J connectivity index is 1.18. The van der Waals surface area contributed by atoms with E-state index in [2.05, 4.69) is 62.9 Å². The molecule has 4 heterocycles. The van der Waals surface area contributed by atoms with Crippen molar-refractivity contribution in [2.24, 2.45) is 0 Å². The highest BCUT2D eigenvalue weighted by Gasteiger charge is 2.38. The highest BCUT2D eigenvalue weighted by Crippen LogP contribution is 2.41. The molecular weight excluding hydrogens is 526 g/mol. The van der Waals surface area contributed by atoms with Gasteiger partial charge in [-0.25, -0.2) is 24.4 Å². The molecule has 2 amide bonds. The predicted octanol–water partition coefficient (Wildman–Crippen LogP) is 4.60. The molecule has 0 radical (unpaired) electrons. The summed E-state index contributed by atoms with van der Waals surface area (Å²) in [5.41, 5.74) is 13.1. The van der Waals surface area contributed by atoms with Crippen LogP contribution in [0.4, 0.5) is 10.6 Å². The van der Waals surface area contributed by atoms with Crippen molar-refractivity contribution in [2.75, 3.05) is 46.0 Å². The largest absolute Gasteiger partial charge is 0.383 e. The minimum Gasteiger partial charge on any atom is -0.383 e. The number of carbonyl (C=O) groups excluding carboxylic acids is 1. The van der Waals surface area contributed by atoms with E-state index < -0.39 is 0 Å². The van der Waals surface area contributed by atoms with Crippen molar-refractivity contribution in [1.82, 2.24) is 39.4 Å². The topological polar surface area (TPSA) is 109 Å². The fraction of sp³-hybridized carbons (Fsp3) is 0.344. The Morgan fingerprint density at radius 1 is 0.929 bits per heavy atom. The first-order chi connectivity index (χ1) is 20.4. The molecule has 10 heteroatoms. The smallest absolute Gasteiger partial charge is 0.319 e. The molecule has 0 unspecified atom stereocenters. The second kappa shape index (κ2) is 10.4. The van der Waals surface area contributed by atoms with Gasteiger partial charge in [0.1, 0.15) is 17.8 Å². The molecule has 2 aromatic carbocycles. The van der Waals surface area contributed by atoms with Gasteiger partial charge in [0.25, 0.3) is 0 Å². The lowest BCUT2D eigenvalue weighted by Crippen LogP contribution is -2.56. The number of anilines is 1. The molecule has 2 fully saturated rings. The van der Waals surface area contributed by atoms with Crippen molar-refractivity contribution < 1.29 is 4.79 Å². The third-order valence-corrected chi connectivity index (χ3v) is 8.88. The molecule has 1 saturated carbocycles. The van der Waals surface area contributed by atoms with Crippen LogP contribution in [0.15, 0.2) is 60.9 Å². The highest BCUT2D eigenvalue weighted by atomic mass is 16.2. The van der Waals surface area contributed by atoms with Crippen LogP contribution in [0, 0.1) is 6.92 Å². The molecule has 0 atom stereocenters. The number of nitrogen functional groups attached to an aromatic ring is 1. The first kappa shape index (κ1) is 26.3. The summed E-state index contributed by atoms with van der Waals surface area (Å²) in [6.45, 7) is 5.41. The number of rotatable bonds is 4. The van der Waals surface area contributed by atoms with Crippen LogP contribution in [0.3, 0.4) is 0 Å². The third kappa shape index (κ3) is 4.42. The number of aryl methyl sites for hydroxylation is 1. The number of nitrogens with two attached hydrogens (primary N) is 1. The Labute approximate surface area is 244 Å². The van der Waals surface area contributed by atoms with Gasteiger partial charge in [-0.2, -0.15) is 5.10 Å². The summed E-state index contributed by atoms with van der Waals surface area (Å²) in [5.74, 6) is 0.435. The van der Waals surface area contributed by atoms with E-state index in [1.54, 1.807) is 4.90 Å². The van der Waals surface area contributed by atoms with Crippen LogP contribution in [0.1, 0.15) is 24.4 Å². The Bertz CT molecular complexity index is 1780. The average Bonchev–Trinajstić information content (AvgIpc) is 3.37. The number of nitrogens with zero attached hydrogens (tertiary/aromatic N) is 8. The number of amides is 2. The highest BCUT2D eigenvalue weighted by molar-refractivity contribution is 6.01. The standard InChI is InChI=1S/C32H35N9O/c1-20-25(11-9-22-10-12-26(36-28(20)22)21-7-5-4-6-8-21)29-27-30(33)34-19-35-31(27)41(37-29)24-17-23(18-24)39-13-15-40(16-14-39)32(42)38(2)3/h4-12,19,23-24H,13-18H2,1-3H3,(H2,33,34,35). The number of pyridine rings is 1. The maximum Gasteiger partial charge on any atom is 0.319 e. The van der Waals surface area contributed by atoms with Crippen molar-refractivity contribution in [2.45, 2.75) is 31.8 Å². The van der Waals surface area contributed by atoms with Gasteiger partial charge in [0, 0.05) is 62.8 Å². The van der Waals surface area contributed by atoms with Crippen LogP contribution in [-0.4, -0.2) is 91.8 Å². The molecule has 0 spiro atoms. The van der Waals surface area contributed by atoms with Gasteiger partial charge in [0.2, 0.25) is 0 Å². The number of urea groups is 1. The number of benzene rings is 2. The number of fused-ring (bicyclic) bond motifs is 2. The van der Waals surface area contributed by atoms with Gasteiger partial charge in [-0.3, -0.25) is 4.90 Å². The molecule has 1 aliphatic heterocycles. The van der Waals surface area contributed by atoms with Gasteiger partial charge in [-0.15, -0.1) is 0 Å². The van der Waals surface area contributed by atoms with Crippen molar-refractivity contribution in [3.05, 3.63) is 66.5 Å². The minimum absolute atomic E-state index is 0.0874. The molecule has 2 N–H and O–H groups in total. The van der Waals surface area contributed by atoms with Gasteiger partial charge >= 0.3 is 6.03 Å². The van der Waals surface area contributed by atoms with E-state index >= 15 is 0 Å². The summed E-state index contributed by atoms with van der Waals surface area (Å²) in [6, 6.07) is 19.4. The summed E-state index contributed by atoms with van der Waals surface area (Å²) in [6.07, 6.45) is 3.50. The van der Waals surface area contributed by atoms with Crippen LogP contribution < -0.4 is 5.73 Å². The summed E-state index contributed by atoms with van der Waals surface area (Å²) >= 11 is 0. The summed E-state index contributed by atoms with van der Waals surface area (Å²) in [4.78, 5) is 32.5. The molecule has 1 saturated heterocycles. The minimum atomic E-state index is 0.0874. The van der Waals surface area contributed by atoms with E-state index in [1.165, 1.54) is 6.33 Å². The van der Waals surface area contributed by atoms with Crippen LogP contribution in [0.25, 0.3) is 44.5 Å². The predicted molar refractivity (Wildman–Crippen MR) is 165 cm³/mol. The summed E-state index contributed by atoms with van der Waals surface area (Å²) < 4.78 is 2.06. The Morgan fingerprint density at radius 3 is 2.40 bits per heavy atom. The van der Waals surface area contributed by atoms with E-state index in [1.807, 2.05) is 37.2 Å². The second-order valence-corrected chi connectivity index (χ2v) is 11.6. The number of hydrogen-bond donors (Lipinski definition) is 1. The van der Waals surface area contributed by atoms with E-state index in [0.29, 0.717) is 11.9 Å². The zero-order chi connectivity index (χ0) is 29.0. The second-order valence-electron chi connectivity index (χ2n) is 11.6. The van der Waals surface area contributed by atoms with Crippen LogP contribution >= 0.6 is 0 Å². The van der Waals surface area contributed by atoms with Crippen LogP contribution in [0.2, 0.25) is 0 Å². The zero-order valence-corrected chi connectivity index (χ0v) is 24.2. The van der Waals surface area contributed by atoms with E-state index in [9.17, 15) is 4.79 Å². The number of hydrogen-bond acceptors (Lipinski definition) is 7. The Hall–Kier alpha value is -4.57. The van der Waals surface area contributed by atoms with E-state index in [0.717, 1.165) is 89.0 Å². The normalized spacial score (nSPS) is 19.3. The lowest BCUT2D eigenvalue weighted by molar-refractivity contribution is 0.0403. The Kier molecular flexibility index (Phi) is 6.50.